The second-order valence-electron chi connectivity index (χ2n) is 9.17. The van der Waals surface area contributed by atoms with E-state index in [-0.39, 0.29) is 24.3 Å². The minimum Gasteiger partial charge on any atom is -0.424 e. The Morgan fingerprint density at radius 2 is 2.00 bits per heavy atom. The Kier molecular flexibility index (Phi) is 7.27. The van der Waals surface area contributed by atoms with E-state index >= 15 is 0 Å². The van der Waals surface area contributed by atoms with E-state index in [1.165, 1.54) is 23.0 Å². The van der Waals surface area contributed by atoms with E-state index in [0.29, 0.717) is 17.9 Å². The third kappa shape index (κ3) is 5.82. The first-order chi connectivity index (χ1) is 17.0. The van der Waals surface area contributed by atoms with Crippen LogP contribution >= 0.6 is 0 Å². The first kappa shape index (κ1) is 25.6. The highest BCUT2D eigenvalue weighted by Gasteiger charge is 2.36. The van der Waals surface area contributed by atoms with E-state index in [1.54, 1.807) is 6.92 Å². The molecule has 0 radical (unpaired) electrons. The quantitative estimate of drug-likeness (QED) is 0.368. The molecule has 9 nitrogen and oxygen atoms in total. The maximum Gasteiger partial charge on any atom is 0.417 e. The number of aromatic nitrogens is 5. The van der Waals surface area contributed by atoms with Gasteiger partial charge >= 0.3 is 12.2 Å². The summed E-state index contributed by atoms with van der Waals surface area (Å²) in [5.74, 6) is -0.553. The van der Waals surface area contributed by atoms with Crippen molar-refractivity contribution in [2.75, 3.05) is 5.32 Å². The predicted molar refractivity (Wildman–Crippen MR) is 121 cm³/mol. The number of hydrogen-bond donors (Lipinski definition) is 1. The zero-order chi connectivity index (χ0) is 26.0. The number of rotatable bonds is 5. The number of hydrogen-bond acceptors (Lipinski definition) is 6. The summed E-state index contributed by atoms with van der Waals surface area (Å²) in [7, 11) is 1.50. The SMILES string of the molecule is Cc1nnc(CN(C(=O)Nc2cc(-c3ncn(C)n3)c(C(F)(F)F)cc2F)C2CCCC[C@@H](C)C2)o1. The molecule has 0 bridgehead atoms. The van der Waals surface area contributed by atoms with Gasteiger partial charge in [-0.3, -0.25) is 4.68 Å². The van der Waals surface area contributed by atoms with Gasteiger partial charge in [-0.05, 0) is 30.9 Å². The molecule has 1 aliphatic rings. The molecule has 3 aromatic rings. The maximum atomic E-state index is 14.9. The highest BCUT2D eigenvalue weighted by atomic mass is 19.4. The average molecular weight is 510 g/mol. The fourth-order valence-electron chi connectivity index (χ4n) is 4.51. The van der Waals surface area contributed by atoms with Crippen molar-refractivity contribution < 1.29 is 26.8 Å². The van der Waals surface area contributed by atoms with Gasteiger partial charge in [-0.25, -0.2) is 14.2 Å². The number of amides is 2. The van der Waals surface area contributed by atoms with Gasteiger partial charge in [0.15, 0.2) is 5.82 Å². The molecule has 0 aliphatic heterocycles. The lowest BCUT2D eigenvalue weighted by Crippen LogP contribution is -2.43. The Bertz CT molecular complexity index is 1220. The summed E-state index contributed by atoms with van der Waals surface area (Å²) >= 11 is 0. The molecule has 0 spiro atoms. The molecule has 1 aromatic carbocycles. The number of alkyl halides is 3. The van der Waals surface area contributed by atoms with Crippen LogP contribution in [0.1, 0.15) is 56.4 Å². The topological polar surface area (TPSA) is 102 Å². The Hall–Kier alpha value is -3.51. The van der Waals surface area contributed by atoms with Gasteiger partial charge in [0.1, 0.15) is 18.7 Å². The third-order valence-corrected chi connectivity index (χ3v) is 6.23. The second-order valence-corrected chi connectivity index (χ2v) is 9.17. The first-order valence-corrected chi connectivity index (χ1v) is 11.6. The fourth-order valence-corrected chi connectivity index (χ4v) is 4.51. The summed E-state index contributed by atoms with van der Waals surface area (Å²) < 4.78 is 62.5. The van der Waals surface area contributed by atoms with Crippen LogP contribution in [-0.2, 0) is 19.8 Å². The summed E-state index contributed by atoms with van der Waals surface area (Å²) in [5.41, 5.74) is -2.09. The summed E-state index contributed by atoms with van der Waals surface area (Å²) in [6.45, 7) is 3.72. The molecule has 1 fully saturated rings. The van der Waals surface area contributed by atoms with Crippen LogP contribution in [0.15, 0.2) is 22.9 Å². The van der Waals surface area contributed by atoms with Crippen molar-refractivity contribution in [3.8, 4) is 11.4 Å². The molecule has 4 rings (SSSR count). The van der Waals surface area contributed by atoms with E-state index < -0.39 is 34.8 Å². The number of aryl methyl sites for hydroxylation is 2. The predicted octanol–water partition coefficient (Wildman–Crippen LogP) is 5.33. The highest BCUT2D eigenvalue weighted by Crippen LogP contribution is 2.39. The molecule has 2 amide bonds. The second kappa shape index (κ2) is 10.2. The minimum atomic E-state index is -4.85. The monoisotopic (exact) mass is 509 g/mol. The van der Waals surface area contributed by atoms with Gasteiger partial charge in [-0.2, -0.15) is 18.3 Å². The lowest BCUT2D eigenvalue weighted by molar-refractivity contribution is -0.137. The summed E-state index contributed by atoms with van der Waals surface area (Å²) in [4.78, 5) is 18.8. The molecule has 1 saturated carbocycles. The molecule has 194 valence electrons. The molecule has 1 N–H and O–H groups in total. The van der Waals surface area contributed by atoms with Crippen molar-refractivity contribution in [3.05, 3.63) is 41.6 Å². The fraction of sp³-hybridized carbons (Fsp3) is 0.522. The first-order valence-electron chi connectivity index (χ1n) is 11.6. The number of nitrogens with one attached hydrogen (secondary N) is 1. The largest absolute Gasteiger partial charge is 0.424 e. The summed E-state index contributed by atoms with van der Waals surface area (Å²) in [6, 6.07) is 0.393. The number of urea groups is 1. The van der Waals surface area contributed by atoms with Crippen LogP contribution in [0.4, 0.5) is 28.0 Å². The van der Waals surface area contributed by atoms with Crippen LogP contribution in [0, 0.1) is 18.7 Å². The Labute approximate surface area is 204 Å². The molecule has 2 heterocycles. The van der Waals surface area contributed by atoms with Crippen LogP contribution in [0.3, 0.4) is 0 Å². The highest BCUT2D eigenvalue weighted by molar-refractivity contribution is 5.90. The number of carbonyl (C=O) groups excluding carboxylic acids is 1. The number of nitrogens with zero attached hydrogens (tertiary/aromatic N) is 6. The van der Waals surface area contributed by atoms with Crippen molar-refractivity contribution in [2.24, 2.45) is 13.0 Å². The molecule has 2 aromatic heterocycles. The van der Waals surface area contributed by atoms with E-state index in [2.05, 4.69) is 32.5 Å². The standard InChI is InChI=1S/C23H27F4N7O2/c1-13-6-4-5-7-15(8-13)34(11-20-31-30-14(2)36-20)22(35)29-19-9-16(21-28-12-33(3)32-21)17(10-18(19)24)23(25,26)27/h9-10,12-13,15H,4-8,11H2,1-3H3,(H,29,35)/t13-,15?/m1/s1. The molecular formula is C23H27F4N7O2. The molecular weight excluding hydrogens is 482 g/mol. The van der Waals surface area contributed by atoms with Gasteiger partial charge in [0.05, 0.1) is 11.3 Å². The van der Waals surface area contributed by atoms with Crippen molar-refractivity contribution in [1.82, 2.24) is 29.9 Å². The van der Waals surface area contributed by atoms with Crippen LogP contribution in [0.25, 0.3) is 11.4 Å². The zero-order valence-corrected chi connectivity index (χ0v) is 20.1. The van der Waals surface area contributed by atoms with E-state index in [4.69, 9.17) is 4.42 Å². The third-order valence-electron chi connectivity index (χ3n) is 6.23. The van der Waals surface area contributed by atoms with Crippen LogP contribution in [0.2, 0.25) is 0 Å². The Balaban J connectivity index is 1.68. The summed E-state index contributed by atoms with van der Waals surface area (Å²) in [6.07, 6.45) is 0.795. The zero-order valence-electron chi connectivity index (χ0n) is 20.1. The van der Waals surface area contributed by atoms with Crippen LogP contribution in [-0.4, -0.2) is 41.9 Å². The number of benzene rings is 1. The molecule has 1 unspecified atom stereocenters. The minimum absolute atomic E-state index is 0.0129. The van der Waals surface area contributed by atoms with Gasteiger partial charge in [-0.1, -0.05) is 26.2 Å². The van der Waals surface area contributed by atoms with Gasteiger partial charge in [-0.15, -0.1) is 10.2 Å². The molecule has 2 atom stereocenters. The normalized spacial score (nSPS) is 18.6. The molecule has 0 saturated heterocycles. The van der Waals surface area contributed by atoms with Crippen LogP contribution in [0.5, 0.6) is 0 Å². The number of halogens is 4. The molecule has 13 heteroatoms. The maximum absolute atomic E-state index is 14.9. The summed E-state index contributed by atoms with van der Waals surface area (Å²) in [5, 5.41) is 14.1. The van der Waals surface area contributed by atoms with E-state index in [9.17, 15) is 22.4 Å². The van der Waals surface area contributed by atoms with Gasteiger partial charge < -0.3 is 14.6 Å². The van der Waals surface area contributed by atoms with E-state index in [0.717, 1.165) is 38.2 Å². The Morgan fingerprint density at radius 3 is 2.64 bits per heavy atom. The van der Waals surface area contributed by atoms with Crippen molar-refractivity contribution in [3.63, 3.8) is 0 Å². The lowest BCUT2D eigenvalue weighted by atomic mass is 9.99. The van der Waals surface area contributed by atoms with Gasteiger partial charge in [0.2, 0.25) is 11.8 Å². The van der Waals surface area contributed by atoms with Crippen molar-refractivity contribution >= 4 is 11.7 Å². The van der Waals surface area contributed by atoms with E-state index in [1.807, 2.05) is 0 Å². The van der Waals surface area contributed by atoms with Crippen molar-refractivity contribution in [2.45, 2.75) is 64.7 Å². The lowest BCUT2D eigenvalue weighted by Gasteiger charge is -2.31. The van der Waals surface area contributed by atoms with Crippen LogP contribution < -0.4 is 5.32 Å². The van der Waals surface area contributed by atoms with Gasteiger partial charge in [0, 0.05) is 25.6 Å². The number of carbonyl (C=O) groups is 1. The molecule has 36 heavy (non-hydrogen) atoms. The number of anilines is 1. The molecule has 1 aliphatic carbocycles. The Morgan fingerprint density at radius 1 is 1.25 bits per heavy atom. The average Bonchev–Trinajstić information content (AvgIpc) is 3.35. The van der Waals surface area contributed by atoms with Crippen molar-refractivity contribution in [1.29, 1.82) is 0 Å². The van der Waals surface area contributed by atoms with Gasteiger partial charge in [0.25, 0.3) is 0 Å². The smallest absolute Gasteiger partial charge is 0.417 e.